The van der Waals surface area contributed by atoms with Crippen molar-refractivity contribution in [2.75, 3.05) is 6.61 Å². The van der Waals surface area contributed by atoms with Crippen LogP contribution in [0.5, 0.6) is 5.75 Å². The van der Waals surface area contributed by atoms with E-state index in [2.05, 4.69) is 4.98 Å². The Labute approximate surface area is 128 Å². The Kier molecular flexibility index (Phi) is 4.04. The molecule has 1 atom stereocenters. The molecule has 0 aliphatic rings. The van der Waals surface area contributed by atoms with Crippen molar-refractivity contribution >= 4 is 22.4 Å². The van der Waals surface area contributed by atoms with Crippen molar-refractivity contribution in [1.82, 2.24) is 4.98 Å². The maximum absolute atomic E-state index is 6.27. The normalized spacial score (nSPS) is 12.3. The number of ether oxygens (including phenoxy) is 1. The van der Waals surface area contributed by atoms with E-state index in [9.17, 15) is 0 Å². The molecule has 0 radical (unpaired) electrons. The summed E-state index contributed by atoms with van der Waals surface area (Å²) in [5.41, 5.74) is 7.33. The van der Waals surface area contributed by atoms with Gasteiger partial charge in [-0.3, -0.25) is 4.98 Å². The Morgan fingerprint density at radius 1 is 1.10 bits per heavy atom. The van der Waals surface area contributed by atoms with Gasteiger partial charge in [-0.1, -0.05) is 29.8 Å². The number of pyridine rings is 1. The molecular formula is C17H15ClN2O. The molecule has 21 heavy (non-hydrogen) atoms. The fourth-order valence-electron chi connectivity index (χ4n) is 2.28. The number of halogens is 1. The van der Waals surface area contributed by atoms with Crippen LogP contribution in [0.15, 0.2) is 60.9 Å². The molecule has 0 saturated heterocycles. The predicted molar refractivity (Wildman–Crippen MR) is 85.6 cm³/mol. The van der Waals surface area contributed by atoms with E-state index in [-0.39, 0.29) is 6.04 Å². The van der Waals surface area contributed by atoms with Crippen LogP contribution in [0, 0.1) is 0 Å². The standard InChI is InChI=1S/C17H15ClN2O/c18-13-4-6-14(7-5-13)21-11-17(19)16-3-1-2-12-10-20-9-8-15(12)16/h1-10,17H,11,19H2. The lowest BCUT2D eigenvalue weighted by Gasteiger charge is -2.15. The number of nitrogens with two attached hydrogens (primary N) is 1. The largest absolute Gasteiger partial charge is 0.492 e. The van der Waals surface area contributed by atoms with E-state index in [1.807, 2.05) is 42.6 Å². The second kappa shape index (κ2) is 6.12. The van der Waals surface area contributed by atoms with Gasteiger partial charge >= 0.3 is 0 Å². The highest BCUT2D eigenvalue weighted by Crippen LogP contribution is 2.23. The molecule has 4 heteroatoms. The van der Waals surface area contributed by atoms with Gasteiger partial charge in [0.05, 0.1) is 6.04 Å². The minimum absolute atomic E-state index is 0.202. The summed E-state index contributed by atoms with van der Waals surface area (Å²) in [5.74, 6) is 0.761. The van der Waals surface area contributed by atoms with Gasteiger partial charge in [-0.15, -0.1) is 0 Å². The maximum Gasteiger partial charge on any atom is 0.119 e. The average Bonchev–Trinajstić information content (AvgIpc) is 2.53. The molecule has 3 aromatic rings. The first-order valence-corrected chi connectivity index (χ1v) is 7.08. The van der Waals surface area contributed by atoms with Crippen LogP contribution in [0.1, 0.15) is 11.6 Å². The zero-order valence-electron chi connectivity index (χ0n) is 11.4. The lowest BCUT2D eigenvalue weighted by Crippen LogP contribution is -2.19. The highest BCUT2D eigenvalue weighted by Gasteiger charge is 2.10. The number of hydrogen-bond donors (Lipinski definition) is 1. The minimum atomic E-state index is -0.202. The molecule has 1 unspecified atom stereocenters. The lowest BCUT2D eigenvalue weighted by molar-refractivity contribution is 0.291. The Morgan fingerprint density at radius 3 is 2.71 bits per heavy atom. The van der Waals surface area contributed by atoms with Crippen molar-refractivity contribution in [2.24, 2.45) is 5.73 Å². The number of aromatic nitrogens is 1. The molecule has 0 bridgehead atoms. The van der Waals surface area contributed by atoms with E-state index in [1.165, 1.54) is 0 Å². The molecule has 106 valence electrons. The van der Waals surface area contributed by atoms with Gasteiger partial charge < -0.3 is 10.5 Å². The molecule has 3 rings (SSSR count). The topological polar surface area (TPSA) is 48.1 Å². The van der Waals surface area contributed by atoms with Crippen LogP contribution in [0.25, 0.3) is 10.8 Å². The van der Waals surface area contributed by atoms with Crippen LogP contribution >= 0.6 is 11.6 Å². The van der Waals surface area contributed by atoms with Crippen LogP contribution in [-0.4, -0.2) is 11.6 Å². The fourth-order valence-corrected chi connectivity index (χ4v) is 2.40. The van der Waals surface area contributed by atoms with Crippen LogP contribution in [0.4, 0.5) is 0 Å². The van der Waals surface area contributed by atoms with Crippen LogP contribution in [-0.2, 0) is 0 Å². The summed E-state index contributed by atoms with van der Waals surface area (Å²) in [7, 11) is 0. The first kappa shape index (κ1) is 13.9. The quantitative estimate of drug-likeness (QED) is 0.793. The first-order chi connectivity index (χ1) is 10.2. The van der Waals surface area contributed by atoms with Crippen LogP contribution in [0.2, 0.25) is 5.02 Å². The van der Waals surface area contributed by atoms with Gasteiger partial charge in [-0.2, -0.15) is 0 Å². The molecule has 0 fully saturated rings. The van der Waals surface area contributed by atoms with Crippen molar-refractivity contribution in [1.29, 1.82) is 0 Å². The van der Waals surface area contributed by atoms with Gasteiger partial charge in [0.1, 0.15) is 12.4 Å². The number of rotatable bonds is 4. The van der Waals surface area contributed by atoms with E-state index in [1.54, 1.807) is 18.3 Å². The van der Waals surface area contributed by atoms with Gasteiger partial charge in [0.2, 0.25) is 0 Å². The van der Waals surface area contributed by atoms with E-state index in [0.717, 1.165) is 22.1 Å². The van der Waals surface area contributed by atoms with Crippen molar-refractivity contribution in [3.8, 4) is 5.75 Å². The Balaban J connectivity index is 1.78. The summed E-state index contributed by atoms with van der Waals surface area (Å²) >= 11 is 5.85. The summed E-state index contributed by atoms with van der Waals surface area (Å²) in [6.07, 6.45) is 3.62. The summed E-state index contributed by atoms with van der Waals surface area (Å²) in [6.45, 7) is 0.406. The summed E-state index contributed by atoms with van der Waals surface area (Å²) in [5, 5.41) is 2.88. The van der Waals surface area contributed by atoms with Crippen molar-refractivity contribution < 1.29 is 4.74 Å². The molecule has 2 N–H and O–H groups in total. The molecule has 0 aliphatic carbocycles. The van der Waals surface area contributed by atoms with Gasteiger partial charge in [-0.25, -0.2) is 0 Å². The van der Waals surface area contributed by atoms with Gasteiger partial charge in [0.15, 0.2) is 0 Å². The smallest absolute Gasteiger partial charge is 0.119 e. The summed E-state index contributed by atoms with van der Waals surface area (Å²) in [6, 6.07) is 15.1. The number of benzene rings is 2. The molecule has 0 amide bonds. The zero-order valence-corrected chi connectivity index (χ0v) is 12.1. The van der Waals surface area contributed by atoms with Crippen LogP contribution in [0.3, 0.4) is 0 Å². The SMILES string of the molecule is NC(COc1ccc(Cl)cc1)c1cccc2cnccc12. The third-order valence-corrected chi connectivity index (χ3v) is 3.61. The molecular weight excluding hydrogens is 284 g/mol. The molecule has 0 saturated carbocycles. The minimum Gasteiger partial charge on any atom is -0.492 e. The Morgan fingerprint density at radius 2 is 1.90 bits per heavy atom. The molecule has 1 aromatic heterocycles. The number of hydrogen-bond acceptors (Lipinski definition) is 3. The van der Waals surface area contributed by atoms with E-state index >= 15 is 0 Å². The van der Waals surface area contributed by atoms with E-state index in [4.69, 9.17) is 22.1 Å². The second-order valence-electron chi connectivity index (χ2n) is 4.82. The zero-order chi connectivity index (χ0) is 14.7. The summed E-state index contributed by atoms with van der Waals surface area (Å²) < 4.78 is 5.73. The van der Waals surface area contributed by atoms with Crippen molar-refractivity contribution in [2.45, 2.75) is 6.04 Å². The third-order valence-electron chi connectivity index (χ3n) is 3.36. The fraction of sp³-hybridized carbons (Fsp3) is 0.118. The average molecular weight is 299 g/mol. The highest BCUT2D eigenvalue weighted by atomic mass is 35.5. The van der Waals surface area contributed by atoms with Crippen molar-refractivity contribution in [3.05, 3.63) is 71.5 Å². The Hall–Kier alpha value is -2.10. The highest BCUT2D eigenvalue weighted by molar-refractivity contribution is 6.30. The second-order valence-corrected chi connectivity index (χ2v) is 5.25. The van der Waals surface area contributed by atoms with E-state index in [0.29, 0.717) is 11.6 Å². The summed E-state index contributed by atoms with van der Waals surface area (Å²) in [4.78, 5) is 4.13. The van der Waals surface area contributed by atoms with Crippen molar-refractivity contribution in [3.63, 3.8) is 0 Å². The van der Waals surface area contributed by atoms with E-state index < -0.39 is 0 Å². The molecule has 0 aliphatic heterocycles. The molecule has 3 nitrogen and oxygen atoms in total. The number of nitrogens with zero attached hydrogens (tertiary/aromatic N) is 1. The third kappa shape index (κ3) is 3.15. The number of fused-ring (bicyclic) bond motifs is 1. The predicted octanol–water partition coefficient (Wildman–Crippen LogP) is 3.97. The Bertz CT molecular complexity index is 738. The van der Waals surface area contributed by atoms with Gasteiger partial charge in [0, 0.05) is 22.8 Å². The monoisotopic (exact) mass is 298 g/mol. The van der Waals surface area contributed by atoms with Gasteiger partial charge in [-0.05, 0) is 41.3 Å². The molecule has 2 aromatic carbocycles. The van der Waals surface area contributed by atoms with Gasteiger partial charge in [0.25, 0.3) is 0 Å². The first-order valence-electron chi connectivity index (χ1n) is 6.70. The molecule has 1 heterocycles. The molecule has 0 spiro atoms. The lowest BCUT2D eigenvalue weighted by atomic mass is 10.0. The van der Waals surface area contributed by atoms with Crippen LogP contribution < -0.4 is 10.5 Å². The maximum atomic E-state index is 6.27.